The zero-order chi connectivity index (χ0) is 22.7. The summed E-state index contributed by atoms with van der Waals surface area (Å²) in [5.41, 5.74) is 2.96. The van der Waals surface area contributed by atoms with E-state index in [1.165, 1.54) is 12.1 Å². The van der Waals surface area contributed by atoms with Gasteiger partial charge < -0.3 is 10.2 Å². The number of carbonyl (C=O) groups excluding carboxylic acids is 1. The van der Waals surface area contributed by atoms with Crippen molar-refractivity contribution in [3.05, 3.63) is 68.8 Å². The van der Waals surface area contributed by atoms with Crippen molar-refractivity contribution in [3.8, 4) is 17.3 Å². The molecule has 1 aliphatic heterocycles. The van der Waals surface area contributed by atoms with Crippen LogP contribution >= 0.6 is 22.9 Å². The molecule has 2 aromatic carbocycles. The van der Waals surface area contributed by atoms with Gasteiger partial charge in [-0.3, -0.25) is 4.79 Å². The quantitative estimate of drug-likeness (QED) is 0.550. The molecule has 1 N–H and O–H groups in total. The molecule has 8 heteroatoms. The molecule has 0 aliphatic carbocycles. The van der Waals surface area contributed by atoms with Crippen LogP contribution in [0.3, 0.4) is 0 Å². The summed E-state index contributed by atoms with van der Waals surface area (Å²) in [5, 5.41) is 13.8. The first-order chi connectivity index (χ1) is 15.4. The number of nitrogens with zero attached hydrogens (tertiary/aromatic N) is 3. The van der Waals surface area contributed by atoms with Crippen molar-refractivity contribution in [2.45, 2.75) is 26.3 Å². The van der Waals surface area contributed by atoms with Crippen LogP contribution in [0.4, 0.5) is 10.1 Å². The van der Waals surface area contributed by atoms with Gasteiger partial charge in [0.2, 0.25) is 5.91 Å². The van der Waals surface area contributed by atoms with E-state index in [1.807, 2.05) is 36.1 Å². The Morgan fingerprint density at radius 3 is 2.69 bits per heavy atom. The van der Waals surface area contributed by atoms with E-state index in [4.69, 9.17) is 16.6 Å². The van der Waals surface area contributed by atoms with Gasteiger partial charge in [0.05, 0.1) is 23.5 Å². The molecule has 0 bridgehead atoms. The maximum absolute atomic E-state index is 13.4. The van der Waals surface area contributed by atoms with E-state index in [2.05, 4.69) is 11.4 Å². The SMILES string of the molecule is Cc1sc(CNC(=O)C2CCN(c3ccc(F)cc3C#N)CC2)nc1-c1ccc(Cl)cc1. The third kappa shape index (κ3) is 4.93. The first-order valence-electron chi connectivity index (χ1n) is 10.4. The van der Waals surface area contributed by atoms with Crippen molar-refractivity contribution in [3.63, 3.8) is 0 Å². The van der Waals surface area contributed by atoms with Gasteiger partial charge in [-0.25, -0.2) is 9.37 Å². The second kappa shape index (κ2) is 9.68. The lowest BCUT2D eigenvalue weighted by atomic mass is 9.95. The van der Waals surface area contributed by atoms with Gasteiger partial charge in [0.1, 0.15) is 16.9 Å². The normalized spacial score (nSPS) is 14.2. The standard InChI is InChI=1S/C24H22ClFN4OS/c1-15-23(16-2-4-19(25)5-3-16)29-22(32-15)14-28-24(31)17-8-10-30(11-9-17)21-7-6-20(26)12-18(21)13-27/h2-7,12,17H,8-11,14H2,1H3,(H,28,31). The third-order valence-electron chi connectivity index (χ3n) is 5.66. The van der Waals surface area contributed by atoms with Crippen molar-refractivity contribution in [2.75, 3.05) is 18.0 Å². The zero-order valence-electron chi connectivity index (χ0n) is 17.6. The number of nitrogens with one attached hydrogen (secondary N) is 1. The number of aromatic nitrogens is 1. The summed E-state index contributed by atoms with van der Waals surface area (Å²) in [6, 6.07) is 13.9. The molecule has 1 fully saturated rings. The van der Waals surface area contributed by atoms with Crippen LogP contribution in [-0.4, -0.2) is 24.0 Å². The predicted octanol–water partition coefficient (Wildman–Crippen LogP) is 5.32. The monoisotopic (exact) mass is 468 g/mol. The van der Waals surface area contributed by atoms with E-state index in [-0.39, 0.29) is 11.8 Å². The highest BCUT2D eigenvalue weighted by Gasteiger charge is 2.26. The first-order valence-corrected chi connectivity index (χ1v) is 11.6. The summed E-state index contributed by atoms with van der Waals surface area (Å²) in [6.07, 6.45) is 1.36. The van der Waals surface area contributed by atoms with Gasteiger partial charge in [0, 0.05) is 34.5 Å². The largest absolute Gasteiger partial charge is 0.370 e. The second-order valence-electron chi connectivity index (χ2n) is 7.77. The minimum absolute atomic E-state index is 0.0187. The molecule has 5 nitrogen and oxygen atoms in total. The Morgan fingerprint density at radius 1 is 1.28 bits per heavy atom. The lowest BCUT2D eigenvalue weighted by Crippen LogP contribution is -2.40. The van der Waals surface area contributed by atoms with E-state index in [0.29, 0.717) is 43.1 Å². The molecule has 1 saturated heterocycles. The Labute approximate surface area is 195 Å². The van der Waals surface area contributed by atoms with E-state index in [9.17, 15) is 14.4 Å². The maximum Gasteiger partial charge on any atom is 0.223 e. The van der Waals surface area contributed by atoms with Gasteiger partial charge in [-0.15, -0.1) is 11.3 Å². The summed E-state index contributed by atoms with van der Waals surface area (Å²) in [5.74, 6) is -0.490. The highest BCUT2D eigenvalue weighted by molar-refractivity contribution is 7.12. The molecule has 0 spiro atoms. The van der Waals surface area contributed by atoms with Crippen molar-refractivity contribution in [1.82, 2.24) is 10.3 Å². The number of hydrogen-bond acceptors (Lipinski definition) is 5. The Morgan fingerprint density at radius 2 is 2.00 bits per heavy atom. The summed E-state index contributed by atoms with van der Waals surface area (Å²) < 4.78 is 13.4. The van der Waals surface area contributed by atoms with Crippen LogP contribution in [0.5, 0.6) is 0 Å². The molecule has 3 aromatic rings. The minimum Gasteiger partial charge on any atom is -0.370 e. The van der Waals surface area contributed by atoms with Gasteiger partial charge in [-0.05, 0) is 50.1 Å². The lowest BCUT2D eigenvalue weighted by Gasteiger charge is -2.33. The van der Waals surface area contributed by atoms with Crippen LogP contribution in [0, 0.1) is 30.0 Å². The van der Waals surface area contributed by atoms with Gasteiger partial charge in [-0.2, -0.15) is 5.26 Å². The minimum atomic E-state index is -0.420. The van der Waals surface area contributed by atoms with Crippen LogP contribution in [0.1, 0.15) is 28.3 Å². The lowest BCUT2D eigenvalue weighted by molar-refractivity contribution is -0.125. The number of anilines is 1. The first kappa shape index (κ1) is 22.3. The van der Waals surface area contributed by atoms with Crippen LogP contribution in [-0.2, 0) is 11.3 Å². The van der Waals surface area contributed by atoms with Gasteiger partial charge in [0.25, 0.3) is 0 Å². The molecule has 164 valence electrons. The van der Waals surface area contributed by atoms with Crippen molar-refractivity contribution in [2.24, 2.45) is 5.92 Å². The van der Waals surface area contributed by atoms with E-state index in [1.54, 1.807) is 17.4 Å². The number of hydrogen-bond donors (Lipinski definition) is 1. The average molecular weight is 469 g/mol. The number of thiazole rings is 1. The van der Waals surface area contributed by atoms with E-state index < -0.39 is 5.82 Å². The Balaban J connectivity index is 1.33. The smallest absolute Gasteiger partial charge is 0.223 e. The molecule has 32 heavy (non-hydrogen) atoms. The summed E-state index contributed by atoms with van der Waals surface area (Å²) in [7, 11) is 0. The summed E-state index contributed by atoms with van der Waals surface area (Å²) in [4.78, 5) is 20.5. The molecular formula is C24H22ClFN4OS. The average Bonchev–Trinajstić information content (AvgIpc) is 3.18. The molecule has 0 radical (unpaired) electrons. The second-order valence-corrected chi connectivity index (χ2v) is 9.50. The van der Waals surface area contributed by atoms with Crippen molar-refractivity contribution in [1.29, 1.82) is 5.26 Å². The topological polar surface area (TPSA) is 69.0 Å². The van der Waals surface area contributed by atoms with Gasteiger partial charge in [0.15, 0.2) is 0 Å². The number of benzene rings is 2. The van der Waals surface area contributed by atoms with E-state index >= 15 is 0 Å². The van der Waals surface area contributed by atoms with Crippen LogP contribution in [0.25, 0.3) is 11.3 Å². The number of halogens is 2. The Hall–Kier alpha value is -2.95. The molecule has 1 aromatic heterocycles. The van der Waals surface area contributed by atoms with Crippen LogP contribution in [0.2, 0.25) is 5.02 Å². The Bertz CT molecular complexity index is 1160. The fourth-order valence-corrected chi connectivity index (χ4v) is 4.99. The van der Waals surface area contributed by atoms with Crippen LogP contribution < -0.4 is 10.2 Å². The van der Waals surface area contributed by atoms with E-state index in [0.717, 1.165) is 26.8 Å². The van der Waals surface area contributed by atoms with Gasteiger partial charge >= 0.3 is 0 Å². The highest BCUT2D eigenvalue weighted by Crippen LogP contribution is 2.29. The zero-order valence-corrected chi connectivity index (χ0v) is 19.1. The fraction of sp³-hybridized carbons (Fsp3) is 0.292. The Kier molecular flexibility index (Phi) is 6.73. The molecule has 0 saturated carbocycles. The molecule has 4 rings (SSSR count). The number of amides is 1. The molecular weight excluding hydrogens is 447 g/mol. The maximum atomic E-state index is 13.4. The molecule has 0 atom stereocenters. The highest BCUT2D eigenvalue weighted by atomic mass is 35.5. The number of carbonyl (C=O) groups is 1. The summed E-state index contributed by atoms with van der Waals surface area (Å²) >= 11 is 7.55. The van der Waals surface area contributed by atoms with Crippen LogP contribution in [0.15, 0.2) is 42.5 Å². The van der Waals surface area contributed by atoms with Crippen molar-refractivity contribution >= 4 is 34.5 Å². The predicted molar refractivity (Wildman–Crippen MR) is 125 cm³/mol. The van der Waals surface area contributed by atoms with Gasteiger partial charge in [-0.1, -0.05) is 23.7 Å². The number of nitriles is 1. The third-order valence-corrected chi connectivity index (χ3v) is 6.88. The molecule has 1 amide bonds. The fourth-order valence-electron chi connectivity index (χ4n) is 3.97. The summed E-state index contributed by atoms with van der Waals surface area (Å²) in [6.45, 7) is 3.72. The molecule has 1 aliphatic rings. The van der Waals surface area contributed by atoms with Crippen molar-refractivity contribution < 1.29 is 9.18 Å². The molecule has 0 unspecified atom stereocenters. The number of aryl methyl sites for hydroxylation is 1. The molecule has 2 heterocycles. The number of rotatable bonds is 5. The number of piperidine rings is 1.